The van der Waals surface area contributed by atoms with E-state index in [0.717, 1.165) is 19.6 Å². The summed E-state index contributed by atoms with van der Waals surface area (Å²) < 4.78 is 2.20. The quantitative estimate of drug-likeness (QED) is 0.908. The number of likely N-dealkylation sites (tertiary alicyclic amines) is 1. The van der Waals surface area contributed by atoms with E-state index >= 15 is 0 Å². The Kier molecular flexibility index (Phi) is 3.89. The van der Waals surface area contributed by atoms with Crippen LogP contribution >= 0.6 is 0 Å². The van der Waals surface area contributed by atoms with Crippen LogP contribution in [0.4, 0.5) is 0 Å². The Hall–Kier alpha value is -0.870. The van der Waals surface area contributed by atoms with Gasteiger partial charge in [0, 0.05) is 31.9 Å². The smallest absolute Gasteiger partial charge is 0.0764 e. The fraction of sp³-hybridized carbons (Fsp3) is 0.800. The van der Waals surface area contributed by atoms with E-state index in [0.29, 0.717) is 18.0 Å². The zero-order valence-electron chi connectivity index (χ0n) is 12.0. The number of aromatic nitrogens is 2. The highest BCUT2D eigenvalue weighted by molar-refractivity contribution is 5.01. The van der Waals surface area contributed by atoms with Gasteiger partial charge >= 0.3 is 0 Å². The Morgan fingerprint density at radius 2 is 2.05 bits per heavy atom. The number of rotatable bonds is 3. The standard InChI is InChI=1S/C15H26N4/c1-12-9-18(11-15(12)16)10-13-7-8-19(17-13)14-5-3-2-4-6-14/h7-8,12,14-15H,2-6,9-11,16H2,1H3. The van der Waals surface area contributed by atoms with Gasteiger partial charge in [-0.25, -0.2) is 0 Å². The minimum absolute atomic E-state index is 0.334. The molecule has 106 valence electrons. The Morgan fingerprint density at radius 1 is 1.26 bits per heavy atom. The van der Waals surface area contributed by atoms with Gasteiger partial charge in [0.1, 0.15) is 0 Å². The molecule has 3 rings (SSSR count). The van der Waals surface area contributed by atoms with Gasteiger partial charge in [0.05, 0.1) is 11.7 Å². The molecule has 4 nitrogen and oxygen atoms in total. The average Bonchev–Trinajstić information content (AvgIpc) is 2.99. The maximum Gasteiger partial charge on any atom is 0.0764 e. The molecule has 2 heterocycles. The van der Waals surface area contributed by atoms with Crippen LogP contribution in [0.2, 0.25) is 0 Å². The SMILES string of the molecule is CC1CN(Cc2ccn(C3CCCCC3)n2)CC1N. The van der Waals surface area contributed by atoms with E-state index < -0.39 is 0 Å². The molecule has 2 fully saturated rings. The summed E-state index contributed by atoms with van der Waals surface area (Å²) in [6.45, 7) is 5.32. The summed E-state index contributed by atoms with van der Waals surface area (Å²) in [6.07, 6.45) is 8.88. The van der Waals surface area contributed by atoms with Crippen molar-refractivity contribution in [1.82, 2.24) is 14.7 Å². The maximum absolute atomic E-state index is 6.08. The van der Waals surface area contributed by atoms with Crippen LogP contribution in [-0.4, -0.2) is 33.8 Å². The Bertz CT molecular complexity index is 398. The van der Waals surface area contributed by atoms with Gasteiger partial charge in [0.2, 0.25) is 0 Å². The molecule has 1 saturated heterocycles. The molecule has 2 aliphatic rings. The fourth-order valence-electron chi connectivity index (χ4n) is 3.46. The molecule has 1 aromatic heterocycles. The second kappa shape index (κ2) is 5.63. The Balaban J connectivity index is 1.59. The number of hydrogen-bond acceptors (Lipinski definition) is 3. The molecule has 0 amide bonds. The second-order valence-corrected chi connectivity index (χ2v) is 6.41. The largest absolute Gasteiger partial charge is 0.326 e. The van der Waals surface area contributed by atoms with Gasteiger partial charge in [-0.1, -0.05) is 26.2 Å². The van der Waals surface area contributed by atoms with Gasteiger partial charge in [-0.2, -0.15) is 5.10 Å². The summed E-state index contributed by atoms with van der Waals surface area (Å²) in [5.41, 5.74) is 7.28. The van der Waals surface area contributed by atoms with E-state index in [-0.39, 0.29) is 0 Å². The summed E-state index contributed by atoms with van der Waals surface area (Å²) in [4.78, 5) is 2.43. The molecule has 2 N–H and O–H groups in total. The molecule has 2 atom stereocenters. The van der Waals surface area contributed by atoms with Crippen molar-refractivity contribution in [3.63, 3.8) is 0 Å². The van der Waals surface area contributed by atoms with Gasteiger partial charge in [-0.05, 0) is 24.8 Å². The normalized spacial score (nSPS) is 30.0. The van der Waals surface area contributed by atoms with Crippen molar-refractivity contribution in [3.05, 3.63) is 18.0 Å². The van der Waals surface area contributed by atoms with E-state index in [2.05, 4.69) is 28.8 Å². The average molecular weight is 262 g/mol. The van der Waals surface area contributed by atoms with Crippen molar-refractivity contribution in [2.24, 2.45) is 11.7 Å². The van der Waals surface area contributed by atoms with E-state index in [1.165, 1.54) is 37.8 Å². The number of nitrogens with zero attached hydrogens (tertiary/aromatic N) is 3. The first-order valence-electron chi connectivity index (χ1n) is 7.74. The van der Waals surface area contributed by atoms with E-state index in [9.17, 15) is 0 Å². The highest BCUT2D eigenvalue weighted by Crippen LogP contribution is 2.27. The predicted molar refractivity (Wildman–Crippen MR) is 76.8 cm³/mol. The number of hydrogen-bond donors (Lipinski definition) is 1. The van der Waals surface area contributed by atoms with Gasteiger partial charge in [0.15, 0.2) is 0 Å². The van der Waals surface area contributed by atoms with Crippen molar-refractivity contribution >= 4 is 0 Å². The van der Waals surface area contributed by atoms with Crippen LogP contribution in [0.1, 0.15) is 50.8 Å². The topological polar surface area (TPSA) is 47.1 Å². The molecule has 19 heavy (non-hydrogen) atoms. The molecule has 0 radical (unpaired) electrons. The lowest BCUT2D eigenvalue weighted by atomic mass is 9.96. The van der Waals surface area contributed by atoms with Gasteiger partial charge < -0.3 is 5.73 Å². The number of nitrogens with two attached hydrogens (primary N) is 1. The van der Waals surface area contributed by atoms with Crippen LogP contribution in [0.5, 0.6) is 0 Å². The maximum atomic E-state index is 6.08. The van der Waals surface area contributed by atoms with E-state index in [4.69, 9.17) is 10.8 Å². The molecule has 2 unspecified atom stereocenters. The molecular weight excluding hydrogens is 236 g/mol. The minimum atomic E-state index is 0.334. The lowest BCUT2D eigenvalue weighted by Crippen LogP contribution is -2.28. The third kappa shape index (κ3) is 3.00. The molecule has 0 aromatic carbocycles. The van der Waals surface area contributed by atoms with Crippen LogP contribution in [-0.2, 0) is 6.54 Å². The first kappa shape index (κ1) is 13.1. The molecule has 0 bridgehead atoms. The van der Waals surface area contributed by atoms with Crippen molar-refractivity contribution in [2.75, 3.05) is 13.1 Å². The molecule has 1 aliphatic heterocycles. The lowest BCUT2D eigenvalue weighted by molar-refractivity contribution is 0.302. The minimum Gasteiger partial charge on any atom is -0.326 e. The molecule has 4 heteroatoms. The third-order valence-electron chi connectivity index (χ3n) is 4.74. The van der Waals surface area contributed by atoms with Gasteiger partial charge in [0.25, 0.3) is 0 Å². The van der Waals surface area contributed by atoms with E-state index in [1.54, 1.807) is 0 Å². The molecule has 0 spiro atoms. The molecular formula is C15H26N4. The summed E-state index contributed by atoms with van der Waals surface area (Å²) in [7, 11) is 0. The van der Waals surface area contributed by atoms with Crippen LogP contribution < -0.4 is 5.73 Å². The van der Waals surface area contributed by atoms with Gasteiger partial charge in [-0.15, -0.1) is 0 Å². The van der Waals surface area contributed by atoms with Crippen molar-refractivity contribution in [3.8, 4) is 0 Å². The molecule has 1 aliphatic carbocycles. The first-order chi connectivity index (χ1) is 9.22. The summed E-state index contributed by atoms with van der Waals surface area (Å²) in [6, 6.07) is 3.16. The fourth-order valence-corrected chi connectivity index (χ4v) is 3.46. The van der Waals surface area contributed by atoms with Crippen molar-refractivity contribution in [2.45, 2.75) is 57.7 Å². The highest BCUT2D eigenvalue weighted by atomic mass is 15.3. The highest BCUT2D eigenvalue weighted by Gasteiger charge is 2.27. The zero-order chi connectivity index (χ0) is 13.2. The van der Waals surface area contributed by atoms with Crippen LogP contribution in [0.25, 0.3) is 0 Å². The molecule has 1 aromatic rings. The second-order valence-electron chi connectivity index (χ2n) is 6.41. The van der Waals surface area contributed by atoms with Crippen LogP contribution in [0, 0.1) is 5.92 Å². The molecule has 1 saturated carbocycles. The lowest BCUT2D eigenvalue weighted by Gasteiger charge is -2.22. The Morgan fingerprint density at radius 3 is 2.74 bits per heavy atom. The monoisotopic (exact) mass is 262 g/mol. The van der Waals surface area contributed by atoms with Gasteiger partial charge in [-0.3, -0.25) is 9.58 Å². The predicted octanol–water partition coefficient (Wildman–Crippen LogP) is 2.17. The van der Waals surface area contributed by atoms with Crippen LogP contribution in [0.15, 0.2) is 12.3 Å². The third-order valence-corrected chi connectivity index (χ3v) is 4.74. The van der Waals surface area contributed by atoms with Crippen molar-refractivity contribution < 1.29 is 0 Å². The van der Waals surface area contributed by atoms with Crippen molar-refractivity contribution in [1.29, 1.82) is 0 Å². The van der Waals surface area contributed by atoms with E-state index in [1.807, 2.05) is 0 Å². The summed E-state index contributed by atoms with van der Waals surface area (Å²) in [5, 5.41) is 4.78. The van der Waals surface area contributed by atoms with Crippen LogP contribution in [0.3, 0.4) is 0 Å². The summed E-state index contributed by atoms with van der Waals surface area (Å²) in [5.74, 6) is 0.612. The first-order valence-corrected chi connectivity index (χ1v) is 7.74. The Labute approximate surface area is 116 Å². The zero-order valence-corrected chi connectivity index (χ0v) is 12.0. The summed E-state index contributed by atoms with van der Waals surface area (Å²) >= 11 is 0.